The number of aromatic hydroxyl groups is 1. The van der Waals surface area contributed by atoms with E-state index in [0.29, 0.717) is 36.0 Å². The van der Waals surface area contributed by atoms with E-state index in [0.717, 1.165) is 5.56 Å². The molecule has 1 amide bonds. The molecule has 8 nitrogen and oxygen atoms in total. The zero-order valence-electron chi connectivity index (χ0n) is 20.8. The summed E-state index contributed by atoms with van der Waals surface area (Å²) in [6.45, 7) is 8.99. The van der Waals surface area contributed by atoms with E-state index in [2.05, 4.69) is 13.8 Å². The van der Waals surface area contributed by atoms with Crippen molar-refractivity contribution in [2.45, 2.75) is 33.7 Å². The van der Waals surface area contributed by atoms with Gasteiger partial charge in [-0.1, -0.05) is 19.9 Å². The highest BCUT2D eigenvalue weighted by Gasteiger charge is 2.46. The summed E-state index contributed by atoms with van der Waals surface area (Å²) < 4.78 is 16.5. The third-order valence-electron chi connectivity index (χ3n) is 5.70. The third kappa shape index (κ3) is 5.59. The minimum Gasteiger partial charge on any atom is -0.507 e. The lowest BCUT2D eigenvalue weighted by Crippen LogP contribution is -2.32. The lowest BCUT2D eigenvalue weighted by molar-refractivity contribution is -0.140. The Labute approximate surface area is 205 Å². The van der Waals surface area contributed by atoms with Crippen LogP contribution in [0.1, 0.15) is 43.5 Å². The second-order valence-corrected chi connectivity index (χ2v) is 8.83. The molecule has 1 aliphatic rings. The number of rotatable bonds is 10. The molecule has 1 heterocycles. The van der Waals surface area contributed by atoms with E-state index in [-0.39, 0.29) is 36.0 Å². The van der Waals surface area contributed by atoms with Crippen LogP contribution in [-0.4, -0.2) is 60.3 Å². The van der Waals surface area contributed by atoms with Gasteiger partial charge in [0.2, 0.25) is 0 Å². The SMILES string of the molecule is CCOc1cc([C@H]2C(=C(O)c3ccc(OCC(C)C)c(C)c3)C(=O)C(=O)N2CCOC)ccc1O. The van der Waals surface area contributed by atoms with E-state index in [1.807, 2.05) is 6.92 Å². The van der Waals surface area contributed by atoms with Crippen LogP contribution in [0.3, 0.4) is 0 Å². The number of phenols is 1. The molecule has 35 heavy (non-hydrogen) atoms. The Kier molecular flexibility index (Phi) is 8.40. The Hall–Kier alpha value is -3.52. The summed E-state index contributed by atoms with van der Waals surface area (Å²) >= 11 is 0. The number of methoxy groups -OCH3 is 1. The lowest BCUT2D eigenvalue weighted by atomic mass is 9.94. The topological polar surface area (TPSA) is 106 Å². The van der Waals surface area contributed by atoms with Gasteiger partial charge in [-0.15, -0.1) is 0 Å². The monoisotopic (exact) mass is 483 g/mol. The number of phenolic OH excluding ortho intramolecular Hbond substituents is 1. The van der Waals surface area contributed by atoms with Gasteiger partial charge in [-0.25, -0.2) is 0 Å². The van der Waals surface area contributed by atoms with E-state index < -0.39 is 17.7 Å². The van der Waals surface area contributed by atoms with Gasteiger partial charge in [0.25, 0.3) is 11.7 Å². The number of hydrogen-bond acceptors (Lipinski definition) is 7. The maximum Gasteiger partial charge on any atom is 0.295 e. The molecular weight excluding hydrogens is 450 g/mol. The first-order valence-electron chi connectivity index (χ1n) is 11.7. The summed E-state index contributed by atoms with van der Waals surface area (Å²) in [7, 11) is 1.50. The molecule has 0 bridgehead atoms. The zero-order valence-corrected chi connectivity index (χ0v) is 20.8. The van der Waals surface area contributed by atoms with Crippen molar-refractivity contribution in [3.05, 3.63) is 58.7 Å². The number of hydrogen-bond donors (Lipinski definition) is 2. The number of Topliss-reactive ketones (excluding diaryl/α,β-unsaturated/α-hetero) is 1. The molecule has 1 saturated heterocycles. The molecule has 188 valence electrons. The number of ketones is 1. The Bertz CT molecular complexity index is 1120. The fourth-order valence-corrected chi connectivity index (χ4v) is 3.99. The van der Waals surface area contributed by atoms with E-state index in [4.69, 9.17) is 14.2 Å². The number of likely N-dealkylation sites (tertiary alicyclic amines) is 1. The number of aliphatic hydroxyl groups is 1. The van der Waals surface area contributed by atoms with Crippen LogP contribution in [0, 0.1) is 12.8 Å². The van der Waals surface area contributed by atoms with E-state index in [1.54, 1.807) is 37.3 Å². The first kappa shape index (κ1) is 26.1. The fraction of sp³-hybridized carbons (Fsp3) is 0.407. The van der Waals surface area contributed by atoms with E-state index in [9.17, 15) is 19.8 Å². The number of ether oxygens (including phenoxy) is 3. The molecule has 0 aliphatic carbocycles. The first-order valence-corrected chi connectivity index (χ1v) is 11.7. The summed E-state index contributed by atoms with van der Waals surface area (Å²) in [6, 6.07) is 8.90. The number of amides is 1. The minimum atomic E-state index is -0.873. The highest BCUT2D eigenvalue weighted by Crippen LogP contribution is 2.42. The van der Waals surface area contributed by atoms with Crippen LogP contribution in [0.2, 0.25) is 0 Å². The molecule has 1 atom stereocenters. The molecule has 3 rings (SSSR count). The average molecular weight is 484 g/mol. The van der Waals surface area contributed by atoms with Crippen LogP contribution in [0.15, 0.2) is 42.0 Å². The lowest BCUT2D eigenvalue weighted by Gasteiger charge is -2.25. The summed E-state index contributed by atoms with van der Waals surface area (Å²) in [6.07, 6.45) is 0. The Morgan fingerprint density at radius 3 is 2.46 bits per heavy atom. The van der Waals surface area contributed by atoms with Gasteiger partial charge in [0.1, 0.15) is 11.5 Å². The summed E-state index contributed by atoms with van der Waals surface area (Å²) in [4.78, 5) is 27.5. The molecule has 2 aromatic carbocycles. The molecule has 0 unspecified atom stereocenters. The molecule has 0 saturated carbocycles. The first-order chi connectivity index (χ1) is 16.7. The second kappa shape index (κ2) is 11.3. The van der Waals surface area contributed by atoms with Gasteiger partial charge in [-0.05, 0) is 61.2 Å². The number of aryl methyl sites for hydroxylation is 1. The number of aliphatic hydroxyl groups excluding tert-OH is 1. The van der Waals surface area contributed by atoms with Gasteiger partial charge in [0.15, 0.2) is 11.5 Å². The fourth-order valence-electron chi connectivity index (χ4n) is 3.99. The van der Waals surface area contributed by atoms with Crippen molar-refractivity contribution in [2.24, 2.45) is 5.92 Å². The smallest absolute Gasteiger partial charge is 0.295 e. The Morgan fingerprint density at radius 1 is 1.09 bits per heavy atom. The zero-order chi connectivity index (χ0) is 25.7. The Morgan fingerprint density at radius 2 is 1.83 bits per heavy atom. The van der Waals surface area contributed by atoms with Crippen LogP contribution >= 0.6 is 0 Å². The number of carbonyl (C=O) groups is 2. The molecule has 2 N–H and O–H groups in total. The van der Waals surface area contributed by atoms with Gasteiger partial charge in [-0.3, -0.25) is 9.59 Å². The van der Waals surface area contributed by atoms with Crippen LogP contribution in [-0.2, 0) is 14.3 Å². The minimum absolute atomic E-state index is 0.0329. The van der Waals surface area contributed by atoms with Gasteiger partial charge in [-0.2, -0.15) is 0 Å². The quantitative estimate of drug-likeness (QED) is 0.296. The predicted octanol–water partition coefficient (Wildman–Crippen LogP) is 4.20. The van der Waals surface area contributed by atoms with Crippen LogP contribution in [0.25, 0.3) is 5.76 Å². The Balaban J connectivity index is 2.11. The highest BCUT2D eigenvalue weighted by molar-refractivity contribution is 6.46. The van der Waals surface area contributed by atoms with Gasteiger partial charge >= 0.3 is 0 Å². The summed E-state index contributed by atoms with van der Waals surface area (Å²) in [5, 5.41) is 21.4. The molecule has 0 aromatic heterocycles. The van der Waals surface area contributed by atoms with E-state index >= 15 is 0 Å². The molecule has 0 spiro atoms. The van der Waals surface area contributed by atoms with Crippen LogP contribution < -0.4 is 9.47 Å². The van der Waals surface area contributed by atoms with Gasteiger partial charge in [0.05, 0.1) is 31.4 Å². The van der Waals surface area contributed by atoms with Crippen molar-refractivity contribution in [1.82, 2.24) is 4.90 Å². The normalized spacial score (nSPS) is 17.3. The molecule has 2 aromatic rings. The largest absolute Gasteiger partial charge is 0.507 e. The average Bonchev–Trinajstić information content (AvgIpc) is 3.07. The van der Waals surface area contributed by atoms with Crippen LogP contribution in [0.4, 0.5) is 0 Å². The summed E-state index contributed by atoms with van der Waals surface area (Å²) in [5.74, 6) is -0.579. The maximum absolute atomic E-state index is 13.1. The molecule has 0 radical (unpaired) electrons. The number of benzene rings is 2. The number of carbonyl (C=O) groups excluding carboxylic acids is 2. The van der Waals surface area contributed by atoms with Crippen LogP contribution in [0.5, 0.6) is 17.2 Å². The standard InChI is InChI=1S/C27H33NO7/c1-6-34-22-14-18(7-9-20(22)29)24-23(26(31)27(32)28(24)11-12-33-5)25(30)19-8-10-21(17(4)13-19)35-15-16(2)3/h7-10,13-14,16,24,29-30H,6,11-12,15H2,1-5H3/t24-/m0/s1. The summed E-state index contributed by atoms with van der Waals surface area (Å²) in [5.41, 5.74) is 1.69. The number of nitrogens with zero attached hydrogens (tertiary/aromatic N) is 1. The van der Waals surface area contributed by atoms with Crippen molar-refractivity contribution in [2.75, 3.05) is 33.5 Å². The van der Waals surface area contributed by atoms with Gasteiger partial charge in [0, 0.05) is 19.2 Å². The molecular formula is C27H33NO7. The van der Waals surface area contributed by atoms with Crippen molar-refractivity contribution < 1.29 is 34.0 Å². The van der Waals surface area contributed by atoms with Crippen molar-refractivity contribution in [3.8, 4) is 17.2 Å². The maximum atomic E-state index is 13.1. The second-order valence-electron chi connectivity index (χ2n) is 8.83. The molecule has 1 aliphatic heterocycles. The third-order valence-corrected chi connectivity index (χ3v) is 5.70. The molecule has 1 fully saturated rings. The highest BCUT2D eigenvalue weighted by atomic mass is 16.5. The van der Waals surface area contributed by atoms with Gasteiger partial charge < -0.3 is 29.3 Å². The van der Waals surface area contributed by atoms with Crippen molar-refractivity contribution in [1.29, 1.82) is 0 Å². The van der Waals surface area contributed by atoms with Crippen molar-refractivity contribution in [3.63, 3.8) is 0 Å². The predicted molar refractivity (Wildman–Crippen MR) is 132 cm³/mol. The van der Waals surface area contributed by atoms with E-state index in [1.165, 1.54) is 18.1 Å². The van der Waals surface area contributed by atoms with Crippen molar-refractivity contribution >= 4 is 17.4 Å². The molecule has 8 heteroatoms.